The van der Waals surface area contributed by atoms with Crippen molar-refractivity contribution in [1.82, 2.24) is 29.9 Å². The zero-order valence-corrected chi connectivity index (χ0v) is 49.5. The monoisotopic (exact) mass is 1310 g/mol. The molecule has 16 heteroatoms. The summed E-state index contributed by atoms with van der Waals surface area (Å²) in [6.45, 7) is 0. The minimum Gasteiger partial charge on any atom is -0.456 e. The molecule has 0 atom stereocenters. The standard InChI is InChI=1S/C35H18BrN3O2.C23H11Br2N3O.C12H9BO3/c36-35-38-32(21-12-16-31-26(18-21)23-6-2-4-8-29(23)41-31)24-13-9-19-10-14-27(37-33(19)34(24)39-35)20-11-15-30-25(17-20)22-5-1-3-7-28(22)40-30;24-22-15-8-5-12-6-9-17(26-20(12)21(15)27-23(25)28-22)13-7-10-19-16(11-13)14-3-1-2-4-18(14)29-19;14-13(15)8-5-6-12-10(7-8)9-3-1-2-4-11(9)16-12/h1-18H;1-11H;1-7,14-15H. The molecule has 8 aromatic heterocycles. The lowest BCUT2D eigenvalue weighted by molar-refractivity contribution is 0.426. The fraction of sp³-hybridized carbons (Fsp3) is 0. The lowest BCUT2D eigenvalue weighted by Gasteiger charge is -2.10. The maximum atomic E-state index is 9.12. The highest BCUT2D eigenvalue weighted by atomic mass is 79.9. The molecule has 0 amide bonds. The fourth-order valence-electron chi connectivity index (χ4n) is 11.5. The van der Waals surface area contributed by atoms with Crippen molar-refractivity contribution in [3.63, 3.8) is 0 Å². The van der Waals surface area contributed by atoms with Crippen LogP contribution in [0, 0.1) is 0 Å². The molecule has 0 spiro atoms. The molecule has 0 bridgehead atoms. The molecule has 408 valence electrons. The SMILES string of the molecule is Brc1nc(-c2ccc3oc4ccccc4c3c2)c2ccc3ccc(-c4ccc5oc6ccccc6c5c4)nc3c2n1.Brc1nc(Br)c2ccc3ccc(-c4ccc5oc6ccccc6c5c4)nc3c2n1.OB(O)c1ccc2oc3ccccc3c2c1. The van der Waals surface area contributed by atoms with Crippen molar-refractivity contribution in [2.24, 2.45) is 0 Å². The van der Waals surface area contributed by atoms with Crippen LogP contribution in [-0.2, 0) is 0 Å². The first-order chi connectivity index (χ1) is 42.1. The van der Waals surface area contributed by atoms with E-state index >= 15 is 0 Å². The Morgan fingerprint density at radius 3 is 1.14 bits per heavy atom. The molecular formula is C70H38BBr3N6O6. The zero-order valence-electron chi connectivity index (χ0n) is 44.7. The van der Waals surface area contributed by atoms with Crippen molar-refractivity contribution in [2.75, 3.05) is 0 Å². The summed E-state index contributed by atoms with van der Waals surface area (Å²) in [7, 11) is -1.45. The summed E-state index contributed by atoms with van der Waals surface area (Å²) >= 11 is 10.5. The number of fused-ring (bicyclic) bond motifs is 18. The van der Waals surface area contributed by atoms with E-state index in [9.17, 15) is 0 Å². The van der Waals surface area contributed by atoms with E-state index in [1.807, 2.05) is 121 Å². The van der Waals surface area contributed by atoms with E-state index in [-0.39, 0.29) is 0 Å². The van der Waals surface area contributed by atoms with E-state index in [1.165, 1.54) is 0 Å². The number of rotatable bonds is 4. The van der Waals surface area contributed by atoms with Crippen LogP contribution in [0.25, 0.3) is 165 Å². The molecule has 8 heterocycles. The molecule has 86 heavy (non-hydrogen) atoms. The second-order valence-electron chi connectivity index (χ2n) is 20.7. The van der Waals surface area contributed by atoms with Crippen LogP contribution < -0.4 is 5.46 Å². The molecule has 0 saturated heterocycles. The number of benzene rings is 10. The van der Waals surface area contributed by atoms with Crippen LogP contribution >= 0.6 is 47.8 Å². The van der Waals surface area contributed by atoms with Gasteiger partial charge in [-0.05, 0) is 162 Å². The lowest BCUT2D eigenvalue weighted by Crippen LogP contribution is -2.29. The zero-order chi connectivity index (χ0) is 57.7. The number of halogens is 3. The van der Waals surface area contributed by atoms with Crippen LogP contribution in [-0.4, -0.2) is 47.1 Å². The number of para-hydroxylation sites is 4. The molecule has 0 saturated carbocycles. The Labute approximate surface area is 511 Å². The van der Waals surface area contributed by atoms with Crippen molar-refractivity contribution in [3.8, 4) is 33.8 Å². The molecule has 12 nitrogen and oxygen atoms in total. The average molecular weight is 1310 g/mol. The summed E-state index contributed by atoms with van der Waals surface area (Å²) in [4.78, 5) is 28.7. The van der Waals surface area contributed by atoms with Crippen molar-refractivity contribution in [1.29, 1.82) is 0 Å². The normalized spacial score (nSPS) is 11.8. The smallest absolute Gasteiger partial charge is 0.456 e. The highest BCUT2D eigenvalue weighted by Gasteiger charge is 2.19. The minimum absolute atomic E-state index is 0.471. The third kappa shape index (κ3) is 9.03. The van der Waals surface area contributed by atoms with Gasteiger partial charge in [-0.2, -0.15) is 0 Å². The number of hydrogen-bond donors (Lipinski definition) is 2. The van der Waals surface area contributed by atoms with Gasteiger partial charge in [-0.1, -0.05) is 109 Å². The van der Waals surface area contributed by atoms with Gasteiger partial charge in [-0.15, -0.1) is 0 Å². The number of furan rings is 4. The Bertz CT molecular complexity index is 5800. The van der Waals surface area contributed by atoms with E-state index in [0.29, 0.717) is 14.9 Å². The molecule has 0 unspecified atom stereocenters. The van der Waals surface area contributed by atoms with Crippen molar-refractivity contribution < 1.29 is 27.7 Å². The highest BCUT2D eigenvalue weighted by Crippen LogP contribution is 2.39. The first-order valence-electron chi connectivity index (χ1n) is 27.3. The predicted molar refractivity (Wildman–Crippen MR) is 354 cm³/mol. The Morgan fingerprint density at radius 1 is 0.291 bits per heavy atom. The van der Waals surface area contributed by atoms with Crippen LogP contribution in [0.4, 0.5) is 0 Å². The Balaban J connectivity index is 0.000000115. The van der Waals surface area contributed by atoms with Crippen molar-refractivity contribution >= 4 is 192 Å². The Kier molecular flexibility index (Phi) is 12.6. The van der Waals surface area contributed by atoms with Gasteiger partial charge in [-0.3, -0.25) is 0 Å². The van der Waals surface area contributed by atoms with Crippen LogP contribution in [0.15, 0.2) is 250 Å². The summed E-state index contributed by atoms with van der Waals surface area (Å²) in [5.74, 6) is 0. The van der Waals surface area contributed by atoms with E-state index in [4.69, 9.17) is 47.7 Å². The van der Waals surface area contributed by atoms with E-state index in [1.54, 1.807) is 18.2 Å². The first kappa shape index (κ1) is 51.9. The molecule has 0 aliphatic heterocycles. The maximum absolute atomic E-state index is 9.12. The fourth-order valence-corrected chi connectivity index (χ4v) is 13.0. The van der Waals surface area contributed by atoms with Gasteiger partial charge in [0.25, 0.3) is 0 Å². The molecule has 0 aliphatic carbocycles. The van der Waals surface area contributed by atoms with Gasteiger partial charge in [0, 0.05) is 81.3 Å². The molecule has 0 radical (unpaired) electrons. The third-order valence-electron chi connectivity index (χ3n) is 15.6. The van der Waals surface area contributed by atoms with Gasteiger partial charge in [0.1, 0.15) is 60.3 Å². The Hall–Kier alpha value is -9.68. The van der Waals surface area contributed by atoms with Crippen LogP contribution in [0.5, 0.6) is 0 Å². The minimum atomic E-state index is -1.45. The third-order valence-corrected chi connectivity index (χ3v) is 17.0. The molecule has 18 rings (SSSR count). The molecule has 0 fully saturated rings. The second kappa shape index (κ2) is 20.8. The van der Waals surface area contributed by atoms with Crippen LogP contribution in [0.3, 0.4) is 0 Å². The number of nitrogens with zero attached hydrogens (tertiary/aromatic N) is 6. The van der Waals surface area contributed by atoms with Crippen LogP contribution in [0.1, 0.15) is 0 Å². The van der Waals surface area contributed by atoms with E-state index in [2.05, 4.69) is 137 Å². The van der Waals surface area contributed by atoms with Gasteiger partial charge >= 0.3 is 7.12 Å². The topological polar surface area (TPSA) is 170 Å². The summed E-state index contributed by atoms with van der Waals surface area (Å²) in [6.07, 6.45) is 0. The van der Waals surface area contributed by atoms with Crippen molar-refractivity contribution in [2.45, 2.75) is 0 Å². The number of hydrogen-bond acceptors (Lipinski definition) is 12. The van der Waals surface area contributed by atoms with Gasteiger partial charge in [0.05, 0.1) is 28.1 Å². The average Bonchev–Trinajstić information content (AvgIpc) is 3.56. The summed E-state index contributed by atoms with van der Waals surface area (Å²) in [6, 6.07) is 72.3. The predicted octanol–water partition coefficient (Wildman–Crippen LogP) is 18.6. The van der Waals surface area contributed by atoms with Crippen LogP contribution in [0.2, 0.25) is 0 Å². The molecule has 0 aliphatic rings. The van der Waals surface area contributed by atoms with Gasteiger partial charge < -0.3 is 27.7 Å². The summed E-state index contributed by atoms with van der Waals surface area (Å²) < 4.78 is 25.5. The summed E-state index contributed by atoms with van der Waals surface area (Å²) in [5.41, 5.74) is 16.2. The number of aromatic nitrogens is 6. The maximum Gasteiger partial charge on any atom is 0.488 e. The van der Waals surface area contributed by atoms with Crippen molar-refractivity contribution in [3.05, 3.63) is 232 Å². The second-order valence-corrected chi connectivity index (χ2v) is 22.9. The molecular weight excluding hydrogens is 1270 g/mol. The first-order valence-corrected chi connectivity index (χ1v) is 29.7. The molecule has 10 aromatic carbocycles. The van der Waals surface area contributed by atoms with Gasteiger partial charge in [0.2, 0.25) is 0 Å². The molecule has 2 N–H and O–H groups in total. The Morgan fingerprint density at radius 2 is 0.663 bits per heavy atom. The number of pyridine rings is 2. The lowest BCUT2D eigenvalue weighted by atomic mass is 9.80. The van der Waals surface area contributed by atoms with E-state index in [0.717, 1.165) is 170 Å². The molecule has 18 aromatic rings. The van der Waals surface area contributed by atoms with Gasteiger partial charge in [0.15, 0.2) is 9.47 Å². The van der Waals surface area contributed by atoms with E-state index < -0.39 is 7.12 Å². The summed E-state index contributed by atoms with van der Waals surface area (Å²) in [5, 5.41) is 30.6. The quantitative estimate of drug-likeness (QED) is 0.0741. The highest BCUT2D eigenvalue weighted by molar-refractivity contribution is 9.11. The van der Waals surface area contributed by atoms with Gasteiger partial charge in [-0.25, -0.2) is 29.9 Å². The largest absolute Gasteiger partial charge is 0.488 e.